The van der Waals surface area contributed by atoms with E-state index in [1.807, 2.05) is 19.9 Å². The Morgan fingerprint density at radius 1 is 1.30 bits per heavy atom. The van der Waals surface area contributed by atoms with Gasteiger partial charge in [0.05, 0.1) is 6.04 Å². The van der Waals surface area contributed by atoms with Gasteiger partial charge >= 0.3 is 0 Å². The standard InChI is InChI=1S/C20H32N2O/c1-7-16(11-12-22(5)6)19-15(4)9-8-10-17(19)13-18(23)20(21)14(2)3/h7-10,14,20H,11-13,21H2,1-6H3/b16-7-. The zero-order chi connectivity index (χ0) is 17.6. The number of ketones is 1. The number of carbonyl (C=O) groups is 1. The zero-order valence-electron chi connectivity index (χ0n) is 15.5. The normalized spacial score (nSPS) is 13.7. The van der Waals surface area contributed by atoms with Crippen LogP contribution in [0.1, 0.15) is 43.9 Å². The number of hydrogen-bond acceptors (Lipinski definition) is 3. The Bertz CT molecular complexity index is 559. The first-order chi connectivity index (χ1) is 10.8. The maximum atomic E-state index is 12.4. The van der Waals surface area contributed by atoms with Gasteiger partial charge in [0.25, 0.3) is 0 Å². The van der Waals surface area contributed by atoms with Crippen LogP contribution in [-0.4, -0.2) is 37.4 Å². The van der Waals surface area contributed by atoms with Crippen molar-refractivity contribution in [2.24, 2.45) is 11.7 Å². The SMILES string of the molecule is C/C=C(/CCN(C)C)c1c(C)cccc1CC(=O)C(N)C(C)C. The predicted molar refractivity (Wildman–Crippen MR) is 99.5 cm³/mol. The van der Waals surface area contributed by atoms with Crippen LogP contribution in [0.2, 0.25) is 0 Å². The Kier molecular flexibility index (Phi) is 7.66. The number of nitrogens with zero attached hydrogens (tertiary/aromatic N) is 1. The summed E-state index contributed by atoms with van der Waals surface area (Å²) in [6.45, 7) is 9.17. The van der Waals surface area contributed by atoms with Crippen molar-refractivity contribution >= 4 is 11.4 Å². The molecule has 0 fully saturated rings. The highest BCUT2D eigenvalue weighted by Gasteiger charge is 2.20. The molecule has 23 heavy (non-hydrogen) atoms. The molecule has 1 aromatic rings. The first-order valence-electron chi connectivity index (χ1n) is 8.45. The second-order valence-corrected chi connectivity index (χ2v) is 6.89. The van der Waals surface area contributed by atoms with Crippen LogP contribution < -0.4 is 5.73 Å². The molecule has 0 amide bonds. The maximum Gasteiger partial charge on any atom is 0.154 e. The Labute approximate surface area is 141 Å². The van der Waals surface area contributed by atoms with Gasteiger partial charge in [-0.1, -0.05) is 38.1 Å². The Balaban J connectivity index is 3.10. The summed E-state index contributed by atoms with van der Waals surface area (Å²) in [5.41, 5.74) is 10.9. The molecule has 2 N–H and O–H groups in total. The summed E-state index contributed by atoms with van der Waals surface area (Å²) < 4.78 is 0. The number of allylic oxidation sites excluding steroid dienone is 1. The van der Waals surface area contributed by atoms with Crippen molar-refractivity contribution < 1.29 is 4.79 Å². The molecule has 0 bridgehead atoms. The van der Waals surface area contributed by atoms with E-state index in [4.69, 9.17) is 5.73 Å². The maximum absolute atomic E-state index is 12.4. The fourth-order valence-corrected chi connectivity index (χ4v) is 2.77. The van der Waals surface area contributed by atoms with Crippen LogP contribution >= 0.6 is 0 Å². The lowest BCUT2D eigenvalue weighted by atomic mass is 9.88. The summed E-state index contributed by atoms with van der Waals surface area (Å²) in [6.07, 6.45) is 3.56. The van der Waals surface area contributed by atoms with Gasteiger partial charge in [-0.3, -0.25) is 4.79 Å². The van der Waals surface area contributed by atoms with Crippen molar-refractivity contribution in [1.82, 2.24) is 4.90 Å². The van der Waals surface area contributed by atoms with Crippen molar-refractivity contribution in [1.29, 1.82) is 0 Å². The van der Waals surface area contributed by atoms with E-state index in [1.165, 1.54) is 16.7 Å². The van der Waals surface area contributed by atoms with Crippen molar-refractivity contribution in [2.75, 3.05) is 20.6 Å². The molecule has 0 spiro atoms. The number of aryl methyl sites for hydroxylation is 1. The van der Waals surface area contributed by atoms with E-state index in [9.17, 15) is 4.79 Å². The topological polar surface area (TPSA) is 46.3 Å². The van der Waals surface area contributed by atoms with Gasteiger partial charge in [0.15, 0.2) is 5.78 Å². The molecule has 0 radical (unpaired) electrons. The van der Waals surface area contributed by atoms with Crippen molar-refractivity contribution in [3.05, 3.63) is 41.0 Å². The molecule has 1 rings (SSSR count). The first kappa shape index (κ1) is 19.6. The molecule has 3 nitrogen and oxygen atoms in total. The largest absolute Gasteiger partial charge is 0.321 e. The average molecular weight is 316 g/mol. The molecule has 0 aliphatic carbocycles. The van der Waals surface area contributed by atoms with Gasteiger partial charge in [-0.25, -0.2) is 0 Å². The number of rotatable bonds is 8. The Morgan fingerprint density at radius 2 is 1.96 bits per heavy atom. The third-order valence-corrected chi connectivity index (χ3v) is 4.31. The minimum atomic E-state index is -0.390. The van der Waals surface area contributed by atoms with Crippen LogP contribution in [0.15, 0.2) is 24.3 Å². The molecule has 0 saturated heterocycles. The minimum Gasteiger partial charge on any atom is -0.321 e. The average Bonchev–Trinajstić information content (AvgIpc) is 2.48. The molecule has 3 heteroatoms. The summed E-state index contributed by atoms with van der Waals surface area (Å²) in [4.78, 5) is 14.6. The van der Waals surface area contributed by atoms with Crippen molar-refractivity contribution in [3.8, 4) is 0 Å². The molecule has 0 aliphatic heterocycles. The lowest BCUT2D eigenvalue weighted by molar-refractivity contribution is -0.120. The Hall–Kier alpha value is -1.45. The highest BCUT2D eigenvalue weighted by molar-refractivity contribution is 5.88. The smallest absolute Gasteiger partial charge is 0.154 e. The molecular formula is C20H32N2O. The zero-order valence-corrected chi connectivity index (χ0v) is 15.5. The number of hydrogen-bond donors (Lipinski definition) is 1. The molecule has 128 valence electrons. The molecule has 1 aromatic carbocycles. The fraction of sp³-hybridized carbons (Fsp3) is 0.550. The quantitative estimate of drug-likeness (QED) is 0.799. The number of Topliss-reactive ketones (excluding diaryl/α,β-unsaturated/α-hetero) is 1. The lowest BCUT2D eigenvalue weighted by Gasteiger charge is -2.19. The van der Waals surface area contributed by atoms with Crippen molar-refractivity contribution in [2.45, 2.75) is 46.6 Å². The Morgan fingerprint density at radius 3 is 2.48 bits per heavy atom. The van der Waals surface area contributed by atoms with Gasteiger partial charge in [0, 0.05) is 13.0 Å². The minimum absolute atomic E-state index is 0.120. The van der Waals surface area contributed by atoms with E-state index in [0.717, 1.165) is 18.5 Å². The molecule has 0 aliphatic rings. The van der Waals surface area contributed by atoms with E-state index in [0.29, 0.717) is 6.42 Å². The van der Waals surface area contributed by atoms with Crippen molar-refractivity contribution in [3.63, 3.8) is 0 Å². The number of benzene rings is 1. The highest BCUT2D eigenvalue weighted by Crippen LogP contribution is 2.27. The van der Waals surface area contributed by atoms with E-state index >= 15 is 0 Å². The van der Waals surface area contributed by atoms with E-state index in [-0.39, 0.29) is 17.7 Å². The van der Waals surface area contributed by atoms with Crippen LogP contribution in [0.3, 0.4) is 0 Å². The summed E-state index contributed by atoms with van der Waals surface area (Å²) in [6, 6.07) is 5.82. The monoisotopic (exact) mass is 316 g/mol. The van der Waals surface area contributed by atoms with E-state index < -0.39 is 0 Å². The second-order valence-electron chi connectivity index (χ2n) is 6.89. The highest BCUT2D eigenvalue weighted by atomic mass is 16.1. The van der Waals surface area contributed by atoms with Gasteiger partial charge in [0.2, 0.25) is 0 Å². The van der Waals surface area contributed by atoms with Crippen LogP contribution in [0.4, 0.5) is 0 Å². The predicted octanol–water partition coefficient (Wildman–Crippen LogP) is 3.44. The van der Waals surface area contributed by atoms with Crippen LogP contribution in [0.25, 0.3) is 5.57 Å². The summed E-state index contributed by atoms with van der Waals surface area (Å²) in [5, 5.41) is 0. The van der Waals surface area contributed by atoms with Gasteiger partial charge in [-0.2, -0.15) is 0 Å². The van der Waals surface area contributed by atoms with E-state index in [2.05, 4.69) is 51.1 Å². The first-order valence-corrected chi connectivity index (χ1v) is 8.45. The van der Waals surface area contributed by atoms with Gasteiger partial charge < -0.3 is 10.6 Å². The fourth-order valence-electron chi connectivity index (χ4n) is 2.77. The summed E-state index contributed by atoms with van der Waals surface area (Å²) in [5.74, 6) is 0.292. The van der Waals surface area contributed by atoms with Gasteiger partial charge in [-0.15, -0.1) is 0 Å². The third kappa shape index (κ3) is 5.60. The molecule has 1 atom stereocenters. The van der Waals surface area contributed by atoms with E-state index in [1.54, 1.807) is 0 Å². The summed E-state index contributed by atoms with van der Waals surface area (Å²) in [7, 11) is 4.16. The lowest BCUT2D eigenvalue weighted by Crippen LogP contribution is -2.36. The third-order valence-electron chi connectivity index (χ3n) is 4.31. The van der Waals surface area contributed by atoms with Gasteiger partial charge in [0.1, 0.15) is 0 Å². The molecule has 0 saturated carbocycles. The van der Waals surface area contributed by atoms with Crippen LogP contribution in [0, 0.1) is 12.8 Å². The van der Waals surface area contributed by atoms with Crippen LogP contribution in [0.5, 0.6) is 0 Å². The molecule has 1 unspecified atom stereocenters. The van der Waals surface area contributed by atoms with Crippen LogP contribution in [-0.2, 0) is 11.2 Å². The molecule has 0 aromatic heterocycles. The summed E-state index contributed by atoms with van der Waals surface area (Å²) >= 11 is 0. The number of carbonyl (C=O) groups excluding carboxylic acids is 1. The van der Waals surface area contributed by atoms with Gasteiger partial charge in [-0.05, 0) is 62.5 Å². The molecule has 0 heterocycles. The number of nitrogens with two attached hydrogens (primary N) is 1. The molecular weight excluding hydrogens is 284 g/mol. The second kappa shape index (κ2) is 8.99.